The van der Waals surface area contributed by atoms with E-state index in [0.29, 0.717) is 26.2 Å². The molecule has 0 spiro atoms. The molecule has 20 heavy (non-hydrogen) atoms. The summed E-state index contributed by atoms with van der Waals surface area (Å²) in [7, 11) is 0. The van der Waals surface area contributed by atoms with Crippen molar-refractivity contribution in [3.8, 4) is 0 Å². The molecule has 0 unspecified atom stereocenters. The molecule has 9 nitrogen and oxygen atoms in total. The highest BCUT2D eigenvalue weighted by Gasteiger charge is 2.11. The third-order valence-corrected chi connectivity index (χ3v) is 2.74. The zero-order valence-corrected chi connectivity index (χ0v) is 11.8. The molecule has 1 rings (SSSR count). The van der Waals surface area contributed by atoms with Gasteiger partial charge in [0.25, 0.3) is 5.91 Å². The Morgan fingerprint density at radius 3 is 2.80 bits per heavy atom. The van der Waals surface area contributed by atoms with Crippen LogP contribution in [0.15, 0.2) is 6.20 Å². The molecule has 0 bridgehead atoms. The molecule has 0 aromatic carbocycles. The van der Waals surface area contributed by atoms with Gasteiger partial charge in [0, 0.05) is 13.1 Å². The summed E-state index contributed by atoms with van der Waals surface area (Å²) in [5, 5.41) is 10.3. The number of rotatable bonds is 8. The molecule has 1 aromatic heterocycles. The highest BCUT2D eigenvalue weighted by atomic mass is 16.2. The number of nitrogens with zero attached hydrogens (tertiary/aromatic N) is 4. The zero-order chi connectivity index (χ0) is 15.0. The number of likely N-dealkylation sites (N-methyl/N-ethyl adjacent to an activating group) is 2. The van der Waals surface area contributed by atoms with Gasteiger partial charge in [-0.2, -0.15) is 0 Å². The van der Waals surface area contributed by atoms with E-state index < -0.39 is 5.91 Å². The number of nitrogens with two attached hydrogens (primary N) is 1. The van der Waals surface area contributed by atoms with Crippen molar-refractivity contribution >= 4 is 11.8 Å². The average Bonchev–Trinajstić information content (AvgIpc) is 2.91. The molecular formula is C11H21N7O2. The Morgan fingerprint density at radius 2 is 2.20 bits per heavy atom. The molecule has 1 heterocycles. The van der Waals surface area contributed by atoms with Crippen LogP contribution in [0.25, 0.3) is 0 Å². The summed E-state index contributed by atoms with van der Waals surface area (Å²) in [6.45, 7) is 6.76. The Hall–Kier alpha value is -2.00. The molecule has 0 radical (unpaired) electrons. The van der Waals surface area contributed by atoms with Crippen molar-refractivity contribution in [3.63, 3.8) is 0 Å². The maximum absolute atomic E-state index is 11.5. The van der Waals surface area contributed by atoms with E-state index in [1.807, 2.05) is 24.2 Å². The average molecular weight is 283 g/mol. The Morgan fingerprint density at radius 1 is 1.45 bits per heavy atom. The Kier molecular flexibility index (Phi) is 6.60. The predicted molar refractivity (Wildman–Crippen MR) is 72.5 cm³/mol. The lowest BCUT2D eigenvalue weighted by Gasteiger charge is -2.19. The second-order valence-corrected chi connectivity index (χ2v) is 4.16. The maximum Gasteiger partial charge on any atom is 0.287 e. The minimum absolute atomic E-state index is 0.00358. The minimum Gasteiger partial charge on any atom is -0.355 e. The van der Waals surface area contributed by atoms with Gasteiger partial charge >= 0.3 is 0 Å². The second-order valence-electron chi connectivity index (χ2n) is 4.16. The summed E-state index contributed by atoms with van der Waals surface area (Å²) in [6, 6.07) is 0. The number of hydrogen-bond donors (Lipinski definition) is 3. The van der Waals surface area contributed by atoms with Crippen LogP contribution >= 0.6 is 0 Å². The summed E-state index contributed by atoms with van der Waals surface area (Å²) in [5.74, 6) is 4.53. The maximum atomic E-state index is 11.5. The van der Waals surface area contributed by atoms with Gasteiger partial charge in [-0.15, -0.1) is 5.10 Å². The van der Waals surface area contributed by atoms with Crippen LogP contribution in [0.5, 0.6) is 0 Å². The lowest BCUT2D eigenvalue weighted by molar-refractivity contribution is -0.122. The van der Waals surface area contributed by atoms with E-state index in [0.717, 1.165) is 6.54 Å². The number of hydrazine groups is 1. The number of nitrogen functional groups attached to an aromatic ring is 1. The van der Waals surface area contributed by atoms with E-state index in [-0.39, 0.29) is 11.6 Å². The molecule has 0 atom stereocenters. The normalized spacial score (nSPS) is 10.6. The molecule has 112 valence electrons. The molecule has 0 aliphatic heterocycles. The SMILES string of the molecule is CCNC(=O)CN(CC)CCn1cc(C(=O)NN)nn1. The van der Waals surface area contributed by atoms with Crippen LogP contribution in [-0.4, -0.2) is 57.9 Å². The van der Waals surface area contributed by atoms with E-state index in [1.54, 1.807) is 4.68 Å². The topological polar surface area (TPSA) is 118 Å². The van der Waals surface area contributed by atoms with Crippen LogP contribution < -0.4 is 16.6 Å². The molecule has 0 aliphatic carbocycles. The molecule has 0 saturated heterocycles. The van der Waals surface area contributed by atoms with E-state index in [4.69, 9.17) is 5.84 Å². The largest absolute Gasteiger partial charge is 0.355 e. The second kappa shape index (κ2) is 8.23. The number of aromatic nitrogens is 3. The summed E-state index contributed by atoms with van der Waals surface area (Å²) in [4.78, 5) is 24.7. The lowest BCUT2D eigenvalue weighted by Crippen LogP contribution is -2.38. The molecule has 9 heteroatoms. The number of carbonyl (C=O) groups is 2. The van der Waals surface area contributed by atoms with Crippen molar-refractivity contribution in [2.45, 2.75) is 20.4 Å². The summed E-state index contributed by atoms with van der Waals surface area (Å²) in [5.41, 5.74) is 2.16. The fourth-order valence-corrected chi connectivity index (χ4v) is 1.63. The van der Waals surface area contributed by atoms with E-state index in [1.165, 1.54) is 6.20 Å². The molecule has 0 saturated carbocycles. The van der Waals surface area contributed by atoms with Crippen molar-refractivity contribution in [1.82, 2.24) is 30.6 Å². The van der Waals surface area contributed by atoms with Crippen LogP contribution in [0.3, 0.4) is 0 Å². The Bertz CT molecular complexity index is 446. The fraction of sp³-hybridized carbons (Fsp3) is 0.636. The Balaban J connectivity index is 2.45. The minimum atomic E-state index is -0.481. The lowest BCUT2D eigenvalue weighted by atomic mass is 10.4. The van der Waals surface area contributed by atoms with E-state index >= 15 is 0 Å². The van der Waals surface area contributed by atoms with Gasteiger partial charge in [0.2, 0.25) is 5.91 Å². The smallest absolute Gasteiger partial charge is 0.287 e. The molecule has 4 N–H and O–H groups in total. The third kappa shape index (κ3) is 4.94. The monoisotopic (exact) mass is 283 g/mol. The third-order valence-electron chi connectivity index (χ3n) is 2.74. The molecular weight excluding hydrogens is 262 g/mol. The van der Waals surface area contributed by atoms with Gasteiger partial charge < -0.3 is 5.32 Å². The van der Waals surface area contributed by atoms with Crippen molar-refractivity contribution < 1.29 is 9.59 Å². The van der Waals surface area contributed by atoms with Crippen molar-refractivity contribution in [1.29, 1.82) is 0 Å². The first-order valence-corrected chi connectivity index (χ1v) is 6.50. The van der Waals surface area contributed by atoms with Crippen molar-refractivity contribution in [2.75, 3.05) is 26.2 Å². The Labute approximate surface area is 117 Å². The van der Waals surface area contributed by atoms with E-state index in [2.05, 4.69) is 15.6 Å². The fourth-order valence-electron chi connectivity index (χ4n) is 1.63. The van der Waals surface area contributed by atoms with Gasteiger partial charge in [-0.1, -0.05) is 12.1 Å². The highest BCUT2D eigenvalue weighted by molar-refractivity contribution is 5.91. The van der Waals surface area contributed by atoms with E-state index in [9.17, 15) is 9.59 Å². The summed E-state index contributed by atoms with van der Waals surface area (Å²) >= 11 is 0. The number of nitrogens with one attached hydrogen (secondary N) is 2. The predicted octanol–water partition coefficient (Wildman–Crippen LogP) is -1.66. The number of carbonyl (C=O) groups excluding carboxylic acids is 2. The molecule has 2 amide bonds. The standard InChI is InChI=1S/C11H21N7O2/c1-3-13-10(19)8-17(4-2)5-6-18-7-9(15-16-18)11(20)14-12/h7H,3-6,8,12H2,1-2H3,(H,13,19)(H,14,20). The number of hydrogen-bond acceptors (Lipinski definition) is 6. The summed E-state index contributed by atoms with van der Waals surface area (Å²) in [6.07, 6.45) is 1.52. The van der Waals surface area contributed by atoms with Gasteiger partial charge in [-0.05, 0) is 13.5 Å². The molecule has 0 aliphatic rings. The van der Waals surface area contributed by atoms with Gasteiger partial charge in [-0.25, -0.2) is 5.84 Å². The van der Waals surface area contributed by atoms with Crippen LogP contribution in [-0.2, 0) is 11.3 Å². The highest BCUT2D eigenvalue weighted by Crippen LogP contribution is 1.95. The van der Waals surface area contributed by atoms with Crippen LogP contribution in [0, 0.1) is 0 Å². The van der Waals surface area contributed by atoms with Gasteiger partial charge in [-0.3, -0.25) is 24.6 Å². The van der Waals surface area contributed by atoms with Gasteiger partial charge in [0.15, 0.2) is 5.69 Å². The first-order chi connectivity index (χ1) is 9.60. The van der Waals surface area contributed by atoms with Crippen LogP contribution in [0.4, 0.5) is 0 Å². The van der Waals surface area contributed by atoms with Crippen molar-refractivity contribution in [2.24, 2.45) is 5.84 Å². The first kappa shape index (κ1) is 16.1. The quantitative estimate of drug-likeness (QED) is 0.298. The zero-order valence-electron chi connectivity index (χ0n) is 11.8. The first-order valence-electron chi connectivity index (χ1n) is 6.50. The van der Waals surface area contributed by atoms with Gasteiger partial charge in [0.05, 0.1) is 19.3 Å². The van der Waals surface area contributed by atoms with Gasteiger partial charge in [0.1, 0.15) is 0 Å². The van der Waals surface area contributed by atoms with Crippen molar-refractivity contribution in [3.05, 3.63) is 11.9 Å². The van der Waals surface area contributed by atoms with Crippen LogP contribution in [0.2, 0.25) is 0 Å². The summed E-state index contributed by atoms with van der Waals surface area (Å²) < 4.78 is 1.55. The molecule has 1 aromatic rings. The molecule has 0 fully saturated rings. The number of amides is 2. The van der Waals surface area contributed by atoms with Crippen LogP contribution in [0.1, 0.15) is 24.3 Å².